The van der Waals surface area contributed by atoms with Gasteiger partial charge in [-0.1, -0.05) is 0 Å². The van der Waals surface area contributed by atoms with Gasteiger partial charge in [0.15, 0.2) is 11.5 Å². The Kier molecular flexibility index (Phi) is 4.96. The average molecular weight is 369 g/mol. The summed E-state index contributed by atoms with van der Waals surface area (Å²) in [5.74, 6) is 1.46. The lowest BCUT2D eigenvalue weighted by molar-refractivity contribution is 0.0373. The highest BCUT2D eigenvalue weighted by atomic mass is 16.3. The number of nitrogens with zero attached hydrogens (tertiary/aromatic N) is 3. The van der Waals surface area contributed by atoms with E-state index in [-0.39, 0.29) is 18.6 Å². The first-order valence-corrected chi connectivity index (χ1v) is 9.18. The van der Waals surface area contributed by atoms with Gasteiger partial charge in [0.2, 0.25) is 0 Å². The normalized spacial score (nSPS) is 18.3. The Bertz CT molecular complexity index is 919. The van der Waals surface area contributed by atoms with E-state index in [0.717, 1.165) is 17.8 Å². The third-order valence-corrected chi connectivity index (χ3v) is 5.04. The van der Waals surface area contributed by atoms with E-state index in [1.54, 1.807) is 25.3 Å². The van der Waals surface area contributed by atoms with Gasteiger partial charge < -0.3 is 18.8 Å². The maximum atomic E-state index is 13.0. The van der Waals surface area contributed by atoms with Crippen molar-refractivity contribution < 1.29 is 18.7 Å². The predicted octanol–water partition coefficient (Wildman–Crippen LogP) is 2.44. The first-order chi connectivity index (χ1) is 13.1. The number of aliphatic hydroxyl groups excluding tert-OH is 1. The molecule has 1 saturated heterocycles. The molecule has 1 fully saturated rings. The summed E-state index contributed by atoms with van der Waals surface area (Å²) in [5.41, 5.74) is 1.98. The summed E-state index contributed by atoms with van der Waals surface area (Å²) in [7, 11) is 0. The van der Waals surface area contributed by atoms with E-state index >= 15 is 0 Å². The highest BCUT2D eigenvalue weighted by Gasteiger charge is 2.30. The molecule has 1 aliphatic heterocycles. The zero-order chi connectivity index (χ0) is 18.8. The van der Waals surface area contributed by atoms with Crippen LogP contribution >= 0.6 is 0 Å². The predicted molar refractivity (Wildman–Crippen MR) is 99.3 cm³/mol. The monoisotopic (exact) mass is 369 g/mol. The van der Waals surface area contributed by atoms with E-state index < -0.39 is 0 Å². The first kappa shape index (κ1) is 17.8. The number of amides is 1. The van der Waals surface area contributed by atoms with E-state index in [1.807, 2.05) is 23.1 Å². The molecule has 27 heavy (non-hydrogen) atoms. The second-order valence-corrected chi connectivity index (χ2v) is 6.88. The third kappa shape index (κ3) is 3.74. The minimum Gasteiger partial charge on any atom is -0.468 e. The number of aryl methyl sites for hydroxylation is 1. The van der Waals surface area contributed by atoms with Crippen molar-refractivity contribution in [3.63, 3.8) is 0 Å². The van der Waals surface area contributed by atoms with Crippen LogP contribution in [0, 0.1) is 6.92 Å². The standard InChI is InChI=1S/C20H23N3O4/c1-14-21-18-5-4-15(11-19(18)27-14)20(25)23-8-7-22(16(12-23)6-9-24)13-17-3-2-10-26-17/h2-5,10-11,16,24H,6-9,12-13H2,1H3. The van der Waals surface area contributed by atoms with Gasteiger partial charge in [-0.3, -0.25) is 9.69 Å². The van der Waals surface area contributed by atoms with Crippen molar-refractivity contribution in [1.82, 2.24) is 14.8 Å². The molecule has 7 nitrogen and oxygen atoms in total. The molecule has 1 N–H and O–H groups in total. The Morgan fingerprint density at radius 2 is 2.22 bits per heavy atom. The minimum atomic E-state index is -0.0217. The number of furan rings is 1. The molecule has 1 aromatic carbocycles. The number of benzene rings is 1. The lowest BCUT2D eigenvalue weighted by atomic mass is 10.1. The third-order valence-electron chi connectivity index (χ3n) is 5.04. The lowest BCUT2D eigenvalue weighted by Gasteiger charge is -2.41. The van der Waals surface area contributed by atoms with Crippen LogP contribution in [0.1, 0.15) is 28.4 Å². The highest BCUT2D eigenvalue weighted by molar-refractivity contribution is 5.97. The highest BCUT2D eigenvalue weighted by Crippen LogP contribution is 2.21. The Balaban J connectivity index is 1.49. The largest absolute Gasteiger partial charge is 0.468 e. The van der Waals surface area contributed by atoms with Gasteiger partial charge in [0, 0.05) is 44.8 Å². The number of hydrogen-bond donors (Lipinski definition) is 1. The van der Waals surface area contributed by atoms with Crippen LogP contribution in [0.15, 0.2) is 45.4 Å². The smallest absolute Gasteiger partial charge is 0.254 e. The maximum Gasteiger partial charge on any atom is 0.254 e. The number of piperazine rings is 1. The van der Waals surface area contributed by atoms with E-state index in [4.69, 9.17) is 8.83 Å². The number of carbonyl (C=O) groups excluding carboxylic acids is 1. The van der Waals surface area contributed by atoms with Crippen molar-refractivity contribution in [1.29, 1.82) is 0 Å². The molecule has 4 rings (SSSR count). The average Bonchev–Trinajstić information content (AvgIpc) is 3.30. The van der Waals surface area contributed by atoms with E-state index in [1.165, 1.54) is 0 Å². The number of fused-ring (bicyclic) bond motifs is 1. The summed E-state index contributed by atoms with van der Waals surface area (Å²) in [5, 5.41) is 9.45. The van der Waals surface area contributed by atoms with Crippen LogP contribution in [0.25, 0.3) is 11.1 Å². The molecule has 7 heteroatoms. The number of carbonyl (C=O) groups is 1. The number of rotatable bonds is 5. The quantitative estimate of drug-likeness (QED) is 0.744. The molecule has 0 radical (unpaired) electrons. The number of oxazole rings is 1. The van der Waals surface area contributed by atoms with Gasteiger partial charge in [-0.05, 0) is 36.8 Å². The van der Waals surface area contributed by atoms with Gasteiger partial charge in [-0.25, -0.2) is 4.98 Å². The van der Waals surface area contributed by atoms with Crippen LogP contribution < -0.4 is 0 Å². The van der Waals surface area contributed by atoms with Gasteiger partial charge in [0.1, 0.15) is 11.3 Å². The Morgan fingerprint density at radius 1 is 1.33 bits per heavy atom. The zero-order valence-electron chi connectivity index (χ0n) is 15.3. The van der Waals surface area contributed by atoms with E-state index in [0.29, 0.717) is 43.1 Å². The SMILES string of the molecule is Cc1nc2ccc(C(=O)N3CCN(Cc4ccco4)C(CCO)C3)cc2o1. The number of aromatic nitrogens is 1. The molecule has 1 aliphatic rings. The van der Waals surface area contributed by atoms with Gasteiger partial charge in [0.05, 0.1) is 12.8 Å². The molecular formula is C20H23N3O4. The summed E-state index contributed by atoms with van der Waals surface area (Å²) >= 11 is 0. The van der Waals surface area contributed by atoms with Crippen molar-refractivity contribution in [3.05, 3.63) is 53.8 Å². The van der Waals surface area contributed by atoms with Crippen molar-refractivity contribution in [2.75, 3.05) is 26.2 Å². The first-order valence-electron chi connectivity index (χ1n) is 9.18. The molecule has 0 spiro atoms. The van der Waals surface area contributed by atoms with Crippen molar-refractivity contribution in [2.24, 2.45) is 0 Å². The fourth-order valence-electron chi connectivity index (χ4n) is 3.67. The molecule has 0 saturated carbocycles. The van der Waals surface area contributed by atoms with Gasteiger partial charge in [-0.2, -0.15) is 0 Å². The molecule has 1 unspecified atom stereocenters. The Labute approximate surface area is 157 Å². The zero-order valence-corrected chi connectivity index (χ0v) is 15.3. The van der Waals surface area contributed by atoms with Crippen molar-refractivity contribution >= 4 is 17.0 Å². The van der Waals surface area contributed by atoms with Crippen LogP contribution in [0.4, 0.5) is 0 Å². The Morgan fingerprint density at radius 3 is 3.00 bits per heavy atom. The van der Waals surface area contributed by atoms with Crippen molar-refractivity contribution in [2.45, 2.75) is 25.9 Å². The molecule has 3 aromatic rings. The Hall–Kier alpha value is -2.64. The van der Waals surface area contributed by atoms with Crippen molar-refractivity contribution in [3.8, 4) is 0 Å². The van der Waals surface area contributed by atoms with E-state index in [2.05, 4.69) is 9.88 Å². The second kappa shape index (κ2) is 7.54. The molecule has 1 amide bonds. The summed E-state index contributed by atoms with van der Waals surface area (Å²) < 4.78 is 11.0. The summed E-state index contributed by atoms with van der Waals surface area (Å²) in [6.07, 6.45) is 2.28. The fourth-order valence-corrected chi connectivity index (χ4v) is 3.67. The van der Waals surface area contributed by atoms with Gasteiger partial charge in [0.25, 0.3) is 5.91 Å². The molecule has 142 valence electrons. The van der Waals surface area contributed by atoms with Crippen LogP contribution in [-0.2, 0) is 6.54 Å². The topological polar surface area (TPSA) is 83.0 Å². The minimum absolute atomic E-state index is 0.0217. The summed E-state index contributed by atoms with van der Waals surface area (Å²) in [4.78, 5) is 21.4. The summed E-state index contributed by atoms with van der Waals surface area (Å²) in [6, 6.07) is 9.28. The molecule has 0 bridgehead atoms. The molecule has 1 atom stereocenters. The lowest BCUT2D eigenvalue weighted by Crippen LogP contribution is -2.54. The van der Waals surface area contributed by atoms with Crippen LogP contribution in [0.2, 0.25) is 0 Å². The summed E-state index contributed by atoms with van der Waals surface area (Å²) in [6.45, 7) is 4.51. The van der Waals surface area contributed by atoms with Crippen LogP contribution in [0.3, 0.4) is 0 Å². The molecule has 2 aromatic heterocycles. The maximum absolute atomic E-state index is 13.0. The van der Waals surface area contributed by atoms with Gasteiger partial charge >= 0.3 is 0 Å². The number of aliphatic hydroxyl groups is 1. The molecular weight excluding hydrogens is 346 g/mol. The molecule has 0 aliphatic carbocycles. The second-order valence-electron chi connectivity index (χ2n) is 6.88. The van der Waals surface area contributed by atoms with Gasteiger partial charge in [-0.15, -0.1) is 0 Å². The van der Waals surface area contributed by atoms with Crippen LogP contribution in [-0.4, -0.2) is 58.1 Å². The number of hydrogen-bond acceptors (Lipinski definition) is 6. The fraction of sp³-hybridized carbons (Fsp3) is 0.400. The molecule has 3 heterocycles. The van der Waals surface area contributed by atoms with E-state index in [9.17, 15) is 9.90 Å². The van der Waals surface area contributed by atoms with Crippen LogP contribution in [0.5, 0.6) is 0 Å².